The van der Waals surface area contributed by atoms with Gasteiger partial charge in [0.2, 0.25) is 0 Å². The Bertz CT molecular complexity index is 1210. The van der Waals surface area contributed by atoms with Gasteiger partial charge in [0.25, 0.3) is 11.8 Å². The van der Waals surface area contributed by atoms with Gasteiger partial charge in [0, 0.05) is 10.6 Å². The molecule has 4 rings (SSSR count). The van der Waals surface area contributed by atoms with Crippen molar-refractivity contribution in [2.45, 2.75) is 18.7 Å². The Hall–Kier alpha value is -3.09. The number of aryl methyl sites for hydroxylation is 2. The number of imide groups is 1. The van der Waals surface area contributed by atoms with Crippen LogP contribution < -0.4 is 10.2 Å². The van der Waals surface area contributed by atoms with Crippen LogP contribution >= 0.6 is 23.4 Å². The van der Waals surface area contributed by atoms with Gasteiger partial charge in [0.1, 0.15) is 16.4 Å². The summed E-state index contributed by atoms with van der Waals surface area (Å²) in [6, 6.07) is 18.9. The fourth-order valence-corrected chi connectivity index (χ4v) is 4.49. The number of amides is 2. The van der Waals surface area contributed by atoms with Crippen LogP contribution in [0, 0.1) is 19.7 Å². The van der Waals surface area contributed by atoms with E-state index >= 15 is 0 Å². The predicted molar refractivity (Wildman–Crippen MR) is 123 cm³/mol. The van der Waals surface area contributed by atoms with E-state index in [1.807, 2.05) is 62.4 Å². The van der Waals surface area contributed by atoms with E-state index in [2.05, 4.69) is 5.32 Å². The van der Waals surface area contributed by atoms with E-state index in [-0.39, 0.29) is 21.3 Å². The van der Waals surface area contributed by atoms with Gasteiger partial charge in [-0.1, -0.05) is 47.6 Å². The molecule has 1 heterocycles. The van der Waals surface area contributed by atoms with Gasteiger partial charge in [0.15, 0.2) is 0 Å². The minimum absolute atomic E-state index is 0.161. The number of halogens is 2. The number of hydrogen-bond donors (Lipinski definition) is 1. The normalized spacial score (nSPS) is 13.9. The van der Waals surface area contributed by atoms with Crippen molar-refractivity contribution in [1.82, 2.24) is 0 Å². The monoisotopic (exact) mass is 452 g/mol. The summed E-state index contributed by atoms with van der Waals surface area (Å²) in [5.41, 5.74) is 3.14. The van der Waals surface area contributed by atoms with Crippen molar-refractivity contribution in [3.63, 3.8) is 0 Å². The highest BCUT2D eigenvalue weighted by atomic mass is 35.5. The Morgan fingerprint density at radius 3 is 2.23 bits per heavy atom. The first-order valence-corrected chi connectivity index (χ1v) is 10.7. The second-order valence-corrected chi connectivity index (χ2v) is 8.66. The maximum absolute atomic E-state index is 13.6. The molecule has 0 aromatic heterocycles. The molecule has 2 amide bonds. The number of carbonyl (C=O) groups excluding carboxylic acids is 2. The molecule has 31 heavy (non-hydrogen) atoms. The first-order valence-electron chi connectivity index (χ1n) is 9.50. The molecule has 0 atom stereocenters. The Labute approximate surface area is 188 Å². The highest BCUT2D eigenvalue weighted by Gasteiger charge is 2.40. The quantitative estimate of drug-likeness (QED) is 0.476. The molecule has 3 aromatic carbocycles. The second kappa shape index (κ2) is 8.57. The zero-order valence-electron chi connectivity index (χ0n) is 16.8. The number of benzene rings is 3. The van der Waals surface area contributed by atoms with Crippen molar-refractivity contribution >= 4 is 46.6 Å². The number of rotatable bonds is 5. The van der Waals surface area contributed by atoms with Crippen LogP contribution in [-0.4, -0.2) is 11.8 Å². The molecule has 156 valence electrons. The average Bonchev–Trinajstić information content (AvgIpc) is 2.94. The lowest BCUT2D eigenvalue weighted by atomic mass is 10.1. The Balaban J connectivity index is 1.77. The maximum Gasteiger partial charge on any atom is 0.283 e. The molecule has 1 aliphatic rings. The number of anilines is 2. The molecule has 0 saturated heterocycles. The van der Waals surface area contributed by atoms with Crippen LogP contribution in [0.5, 0.6) is 0 Å². The van der Waals surface area contributed by atoms with Crippen molar-refractivity contribution in [2.24, 2.45) is 0 Å². The van der Waals surface area contributed by atoms with Gasteiger partial charge in [-0.05, 0) is 67.4 Å². The number of carbonyl (C=O) groups is 2. The SMILES string of the molecule is Cc1cc(C)cc(NC2=C(Sc3ccccc3)C(=O)N(c3ccc(F)c(Cl)c3)C2=O)c1. The lowest BCUT2D eigenvalue weighted by molar-refractivity contribution is -0.120. The third-order valence-electron chi connectivity index (χ3n) is 4.66. The van der Waals surface area contributed by atoms with Crippen LogP contribution in [-0.2, 0) is 9.59 Å². The van der Waals surface area contributed by atoms with Crippen molar-refractivity contribution in [3.8, 4) is 0 Å². The summed E-state index contributed by atoms with van der Waals surface area (Å²) >= 11 is 7.10. The summed E-state index contributed by atoms with van der Waals surface area (Å²) in [5, 5.41) is 2.98. The summed E-state index contributed by atoms with van der Waals surface area (Å²) in [4.78, 5) is 28.7. The van der Waals surface area contributed by atoms with Gasteiger partial charge in [-0.3, -0.25) is 9.59 Å². The van der Waals surface area contributed by atoms with Crippen LogP contribution in [0.1, 0.15) is 11.1 Å². The zero-order valence-corrected chi connectivity index (χ0v) is 18.4. The molecule has 3 aromatic rings. The summed E-state index contributed by atoms with van der Waals surface area (Å²) in [7, 11) is 0. The molecule has 1 N–H and O–H groups in total. The van der Waals surface area contributed by atoms with Crippen LogP contribution in [0.3, 0.4) is 0 Å². The molecule has 7 heteroatoms. The van der Waals surface area contributed by atoms with E-state index in [1.165, 1.54) is 23.9 Å². The summed E-state index contributed by atoms with van der Waals surface area (Å²) in [6.45, 7) is 3.92. The number of hydrogen-bond acceptors (Lipinski definition) is 4. The highest BCUT2D eigenvalue weighted by Crippen LogP contribution is 2.38. The molecular formula is C24H18ClFN2O2S. The number of nitrogens with zero attached hydrogens (tertiary/aromatic N) is 1. The second-order valence-electron chi connectivity index (χ2n) is 7.16. The van der Waals surface area contributed by atoms with E-state index < -0.39 is 17.6 Å². The van der Waals surface area contributed by atoms with Crippen LogP contribution in [0.15, 0.2) is 82.2 Å². The highest BCUT2D eigenvalue weighted by molar-refractivity contribution is 8.04. The summed E-state index contributed by atoms with van der Waals surface area (Å²) < 4.78 is 13.6. The molecule has 0 radical (unpaired) electrons. The van der Waals surface area contributed by atoms with Crippen LogP contribution in [0.4, 0.5) is 15.8 Å². The van der Waals surface area contributed by atoms with E-state index in [0.29, 0.717) is 5.69 Å². The van der Waals surface area contributed by atoms with E-state index in [0.717, 1.165) is 27.0 Å². The van der Waals surface area contributed by atoms with Gasteiger partial charge >= 0.3 is 0 Å². The van der Waals surface area contributed by atoms with E-state index in [9.17, 15) is 14.0 Å². The van der Waals surface area contributed by atoms with Crippen molar-refractivity contribution < 1.29 is 14.0 Å². The summed E-state index contributed by atoms with van der Waals surface area (Å²) in [5.74, 6) is -1.64. The largest absolute Gasteiger partial charge is 0.350 e. The van der Waals surface area contributed by atoms with Gasteiger partial charge in [-0.25, -0.2) is 9.29 Å². The minimum Gasteiger partial charge on any atom is -0.350 e. The van der Waals surface area contributed by atoms with Crippen LogP contribution in [0.2, 0.25) is 5.02 Å². The topological polar surface area (TPSA) is 49.4 Å². The molecule has 0 aliphatic carbocycles. The zero-order chi connectivity index (χ0) is 22.1. The average molecular weight is 453 g/mol. The van der Waals surface area contributed by atoms with Gasteiger partial charge in [-0.2, -0.15) is 0 Å². The molecule has 0 unspecified atom stereocenters. The van der Waals surface area contributed by atoms with Crippen molar-refractivity contribution in [1.29, 1.82) is 0 Å². The van der Waals surface area contributed by atoms with Gasteiger partial charge < -0.3 is 5.32 Å². The minimum atomic E-state index is -0.620. The standard InChI is InChI=1S/C24H18ClFN2O2S/c1-14-10-15(2)12-16(11-14)27-21-22(31-18-6-4-3-5-7-18)24(30)28(23(21)29)17-8-9-20(26)19(25)13-17/h3-13,27H,1-2H3. The lowest BCUT2D eigenvalue weighted by Crippen LogP contribution is -2.32. The molecule has 0 bridgehead atoms. The van der Waals surface area contributed by atoms with E-state index in [4.69, 9.17) is 11.6 Å². The summed E-state index contributed by atoms with van der Waals surface area (Å²) in [6.07, 6.45) is 0. The molecule has 4 nitrogen and oxygen atoms in total. The fraction of sp³-hybridized carbons (Fsp3) is 0.0833. The van der Waals surface area contributed by atoms with Gasteiger partial charge in [-0.15, -0.1) is 0 Å². The number of nitrogens with one attached hydrogen (secondary N) is 1. The van der Waals surface area contributed by atoms with Crippen LogP contribution in [0.25, 0.3) is 0 Å². The Kier molecular flexibility index (Phi) is 5.85. The predicted octanol–water partition coefficient (Wildman–Crippen LogP) is 6.09. The Morgan fingerprint density at radius 1 is 0.903 bits per heavy atom. The molecule has 0 spiro atoms. The number of thioether (sulfide) groups is 1. The van der Waals surface area contributed by atoms with Gasteiger partial charge in [0.05, 0.1) is 10.7 Å². The molecule has 1 aliphatic heterocycles. The Morgan fingerprint density at radius 2 is 1.58 bits per heavy atom. The first kappa shape index (κ1) is 21.2. The molecule has 0 fully saturated rings. The molecular weight excluding hydrogens is 435 g/mol. The molecule has 0 saturated carbocycles. The van der Waals surface area contributed by atoms with Crippen molar-refractivity contribution in [2.75, 3.05) is 10.2 Å². The van der Waals surface area contributed by atoms with Crippen molar-refractivity contribution in [3.05, 3.63) is 99.3 Å². The third kappa shape index (κ3) is 4.36. The first-order chi connectivity index (χ1) is 14.8. The smallest absolute Gasteiger partial charge is 0.283 e. The maximum atomic E-state index is 13.6. The third-order valence-corrected chi connectivity index (χ3v) is 6.04. The fourth-order valence-electron chi connectivity index (χ4n) is 3.37. The van der Waals surface area contributed by atoms with E-state index in [1.54, 1.807) is 0 Å². The lowest BCUT2D eigenvalue weighted by Gasteiger charge is -2.16.